The number of nitrogens with two attached hydrogens (primary N) is 1. The van der Waals surface area contributed by atoms with Gasteiger partial charge in [0.1, 0.15) is 11.5 Å². The Balaban J connectivity index is 2.42. The number of aromatic amines is 2. The molecule has 1 aromatic rings. The summed E-state index contributed by atoms with van der Waals surface area (Å²) >= 11 is 0. The Morgan fingerprint density at radius 1 is 1.31 bits per heavy atom. The van der Waals surface area contributed by atoms with Crippen molar-refractivity contribution in [3.8, 4) is 0 Å². The van der Waals surface area contributed by atoms with Crippen LogP contribution in [-0.2, 0) is 0 Å². The normalized spacial score (nSPS) is 15.7. The van der Waals surface area contributed by atoms with Crippen molar-refractivity contribution in [2.45, 2.75) is 18.9 Å². The highest BCUT2D eigenvalue weighted by Gasteiger charge is 2.23. The van der Waals surface area contributed by atoms with Gasteiger partial charge >= 0.3 is 5.69 Å². The average Bonchev–Trinajstić information content (AvgIpc) is 2.79. The first kappa shape index (κ1) is 7.90. The molecule has 0 bridgehead atoms. The third-order valence-corrected chi connectivity index (χ3v) is 1.90. The largest absolute Gasteiger partial charge is 0.383 e. The highest BCUT2D eigenvalue weighted by atomic mass is 16.2. The monoisotopic (exact) mass is 182 g/mol. The van der Waals surface area contributed by atoms with E-state index < -0.39 is 11.2 Å². The summed E-state index contributed by atoms with van der Waals surface area (Å²) in [5.41, 5.74) is 4.68. The van der Waals surface area contributed by atoms with Crippen molar-refractivity contribution in [2.75, 3.05) is 11.1 Å². The van der Waals surface area contributed by atoms with Crippen molar-refractivity contribution in [3.63, 3.8) is 0 Å². The van der Waals surface area contributed by atoms with Gasteiger partial charge in [-0.3, -0.25) is 14.8 Å². The van der Waals surface area contributed by atoms with Gasteiger partial charge in [0.05, 0.1) is 0 Å². The molecule has 0 aliphatic heterocycles. The molecule has 0 saturated heterocycles. The van der Waals surface area contributed by atoms with E-state index in [0.717, 1.165) is 12.8 Å². The summed E-state index contributed by atoms with van der Waals surface area (Å²) < 4.78 is 0. The average molecular weight is 182 g/mol. The van der Waals surface area contributed by atoms with Gasteiger partial charge in [0.2, 0.25) is 0 Å². The van der Waals surface area contributed by atoms with E-state index in [4.69, 9.17) is 5.73 Å². The van der Waals surface area contributed by atoms with Gasteiger partial charge in [-0.2, -0.15) is 0 Å². The molecular formula is C7H10N4O2. The van der Waals surface area contributed by atoms with Crippen molar-refractivity contribution >= 4 is 11.5 Å². The minimum absolute atomic E-state index is 0.0978. The highest BCUT2D eigenvalue weighted by molar-refractivity contribution is 5.60. The fourth-order valence-electron chi connectivity index (χ4n) is 1.08. The number of hydrogen-bond acceptors (Lipinski definition) is 4. The molecule has 1 aromatic heterocycles. The van der Waals surface area contributed by atoms with E-state index in [1.807, 2.05) is 0 Å². The van der Waals surface area contributed by atoms with Crippen LogP contribution in [0.1, 0.15) is 12.8 Å². The fourth-order valence-corrected chi connectivity index (χ4v) is 1.08. The maximum absolute atomic E-state index is 11.2. The molecule has 0 amide bonds. The smallest absolute Gasteiger partial charge is 0.327 e. The van der Waals surface area contributed by atoms with E-state index in [0.29, 0.717) is 6.04 Å². The quantitative estimate of drug-likeness (QED) is 0.481. The Hall–Kier alpha value is -1.72. The van der Waals surface area contributed by atoms with Crippen molar-refractivity contribution in [1.29, 1.82) is 0 Å². The number of rotatable bonds is 2. The highest BCUT2D eigenvalue weighted by Crippen LogP contribution is 2.24. The van der Waals surface area contributed by atoms with Gasteiger partial charge in [0.15, 0.2) is 0 Å². The van der Waals surface area contributed by atoms with Gasteiger partial charge in [-0.1, -0.05) is 0 Å². The summed E-state index contributed by atoms with van der Waals surface area (Å²) in [7, 11) is 0. The first-order valence-corrected chi connectivity index (χ1v) is 4.05. The Labute approximate surface area is 73.2 Å². The third-order valence-electron chi connectivity index (χ3n) is 1.90. The van der Waals surface area contributed by atoms with Crippen LogP contribution in [0, 0.1) is 0 Å². The van der Waals surface area contributed by atoms with Gasteiger partial charge in [-0.05, 0) is 12.8 Å². The number of aromatic nitrogens is 2. The molecule has 1 heterocycles. The molecule has 0 unspecified atom stereocenters. The van der Waals surface area contributed by atoms with Crippen molar-refractivity contribution < 1.29 is 0 Å². The summed E-state index contributed by atoms with van der Waals surface area (Å²) in [6.07, 6.45) is 2.08. The zero-order valence-corrected chi connectivity index (χ0v) is 6.89. The van der Waals surface area contributed by atoms with Crippen LogP contribution in [0.4, 0.5) is 11.5 Å². The molecule has 0 aromatic carbocycles. The topological polar surface area (TPSA) is 104 Å². The third kappa shape index (κ3) is 1.56. The van der Waals surface area contributed by atoms with Gasteiger partial charge in [-0.15, -0.1) is 0 Å². The molecular weight excluding hydrogens is 172 g/mol. The first-order chi connectivity index (χ1) is 6.16. The molecule has 5 N–H and O–H groups in total. The molecule has 6 heteroatoms. The second-order valence-electron chi connectivity index (χ2n) is 3.12. The van der Waals surface area contributed by atoms with E-state index in [-0.39, 0.29) is 11.5 Å². The lowest BCUT2D eigenvalue weighted by atomic mass is 10.4. The number of hydrogen-bond donors (Lipinski definition) is 4. The van der Waals surface area contributed by atoms with Crippen LogP contribution in [0.25, 0.3) is 0 Å². The molecule has 2 rings (SSSR count). The number of anilines is 2. The van der Waals surface area contributed by atoms with Gasteiger partial charge in [0, 0.05) is 6.04 Å². The van der Waals surface area contributed by atoms with E-state index in [2.05, 4.69) is 15.3 Å². The Kier molecular flexibility index (Phi) is 1.61. The summed E-state index contributed by atoms with van der Waals surface area (Å²) in [5, 5.41) is 2.94. The molecule has 1 aliphatic rings. The maximum Gasteiger partial charge on any atom is 0.327 e. The molecule has 1 fully saturated rings. The Bertz CT molecular complexity index is 429. The SMILES string of the molecule is Nc1[nH]c(=O)[nH]c(=O)c1NC1CC1. The lowest BCUT2D eigenvalue weighted by Crippen LogP contribution is -2.27. The summed E-state index contributed by atoms with van der Waals surface area (Å²) in [6.45, 7) is 0. The lowest BCUT2D eigenvalue weighted by molar-refractivity contribution is 1.02. The second kappa shape index (κ2) is 2.65. The molecule has 0 radical (unpaired) electrons. The van der Waals surface area contributed by atoms with Crippen LogP contribution in [0.5, 0.6) is 0 Å². The standard InChI is InChI=1S/C7H10N4O2/c8-5-4(9-3-1-2-3)6(12)11-7(13)10-5/h3,9H,1-2H2,(H4,8,10,11,12,13). The molecule has 70 valence electrons. The maximum atomic E-state index is 11.2. The molecule has 13 heavy (non-hydrogen) atoms. The van der Waals surface area contributed by atoms with Gasteiger partial charge in [0.25, 0.3) is 5.56 Å². The van der Waals surface area contributed by atoms with Crippen LogP contribution in [-0.4, -0.2) is 16.0 Å². The summed E-state index contributed by atoms with van der Waals surface area (Å²) in [6, 6.07) is 0.328. The molecule has 1 aliphatic carbocycles. The molecule has 0 atom stereocenters. The predicted molar refractivity (Wildman–Crippen MR) is 48.7 cm³/mol. The zero-order valence-electron chi connectivity index (χ0n) is 6.89. The molecule has 1 saturated carbocycles. The number of nitrogen functional groups attached to an aromatic ring is 1. The Morgan fingerprint density at radius 3 is 2.54 bits per heavy atom. The van der Waals surface area contributed by atoms with E-state index in [1.165, 1.54) is 0 Å². The van der Waals surface area contributed by atoms with Gasteiger partial charge < -0.3 is 11.1 Å². The lowest BCUT2D eigenvalue weighted by Gasteiger charge is -2.04. The molecule has 6 nitrogen and oxygen atoms in total. The minimum atomic E-state index is -0.580. The fraction of sp³-hybridized carbons (Fsp3) is 0.429. The number of H-pyrrole nitrogens is 2. The summed E-state index contributed by atoms with van der Waals surface area (Å²) in [4.78, 5) is 26.4. The van der Waals surface area contributed by atoms with Crippen LogP contribution in [0.3, 0.4) is 0 Å². The molecule has 0 spiro atoms. The Morgan fingerprint density at radius 2 is 2.00 bits per heavy atom. The van der Waals surface area contributed by atoms with Crippen molar-refractivity contribution in [3.05, 3.63) is 20.8 Å². The van der Waals surface area contributed by atoms with Crippen LogP contribution >= 0.6 is 0 Å². The first-order valence-electron chi connectivity index (χ1n) is 4.05. The minimum Gasteiger partial charge on any atom is -0.383 e. The predicted octanol–water partition coefficient (Wildman–Crippen LogP) is -0.780. The van der Waals surface area contributed by atoms with E-state index in [9.17, 15) is 9.59 Å². The van der Waals surface area contributed by atoms with E-state index in [1.54, 1.807) is 0 Å². The van der Waals surface area contributed by atoms with Gasteiger partial charge in [-0.25, -0.2) is 4.79 Å². The zero-order chi connectivity index (χ0) is 9.42. The van der Waals surface area contributed by atoms with Crippen LogP contribution in [0.15, 0.2) is 9.59 Å². The van der Waals surface area contributed by atoms with Crippen LogP contribution in [0.2, 0.25) is 0 Å². The van der Waals surface area contributed by atoms with Crippen molar-refractivity contribution in [1.82, 2.24) is 9.97 Å². The van der Waals surface area contributed by atoms with Crippen LogP contribution < -0.4 is 22.3 Å². The summed E-state index contributed by atoms with van der Waals surface area (Å²) in [5.74, 6) is 0.0978. The second-order valence-corrected chi connectivity index (χ2v) is 3.12. The number of nitrogens with one attached hydrogen (secondary N) is 3. The van der Waals surface area contributed by atoms with Crippen molar-refractivity contribution in [2.24, 2.45) is 0 Å². The van der Waals surface area contributed by atoms with E-state index >= 15 is 0 Å².